The highest BCUT2D eigenvalue weighted by Gasteiger charge is 2.85. The molecule has 3 nitrogen and oxygen atoms in total. The average molecular weight is 303 g/mol. The quantitative estimate of drug-likeness (QED) is 0.549. The van der Waals surface area contributed by atoms with Crippen LogP contribution in [0.3, 0.4) is 0 Å². The maximum absolute atomic E-state index is 10.5. The monoisotopic (exact) mass is 302 g/mol. The van der Waals surface area contributed by atoms with Crippen LogP contribution in [0.5, 0.6) is 0 Å². The van der Waals surface area contributed by atoms with Crippen LogP contribution >= 0.6 is 23.2 Å². The van der Waals surface area contributed by atoms with Gasteiger partial charge in [0.1, 0.15) is 5.60 Å². The smallest absolute Gasteiger partial charge is 0.100 e. The minimum atomic E-state index is -0.383. The van der Waals surface area contributed by atoms with E-state index in [1.54, 1.807) is 0 Å². The number of ether oxygens (including phenoxy) is 2. The van der Waals surface area contributed by atoms with E-state index in [1.165, 1.54) is 0 Å². The Balaban J connectivity index is 1.77. The molecule has 104 valence electrons. The third-order valence-corrected chi connectivity index (χ3v) is 6.98. The fourth-order valence-electron chi connectivity index (χ4n) is 5.21. The molecule has 3 fully saturated rings. The summed E-state index contributed by atoms with van der Waals surface area (Å²) in [5, 5.41) is 10.3. The molecular weight excluding hydrogens is 287 g/mol. The molecule has 3 aliphatic heterocycles. The SMILES string of the molecule is OC1CCC(Cl)C2=C1C13CC14OCCC3OC2C4Cl. The van der Waals surface area contributed by atoms with Gasteiger partial charge in [-0.25, -0.2) is 0 Å². The maximum Gasteiger partial charge on any atom is 0.100 e. The lowest BCUT2D eigenvalue weighted by atomic mass is 9.65. The summed E-state index contributed by atoms with van der Waals surface area (Å²) in [6.45, 7) is 0.714. The second-order valence-electron chi connectivity index (χ2n) is 6.55. The lowest BCUT2D eigenvalue weighted by Crippen LogP contribution is -2.64. The molecule has 7 unspecified atom stereocenters. The van der Waals surface area contributed by atoms with Crippen molar-refractivity contribution in [2.75, 3.05) is 6.61 Å². The molecule has 0 amide bonds. The molecule has 4 bridgehead atoms. The summed E-state index contributed by atoms with van der Waals surface area (Å²) in [7, 11) is 0. The van der Waals surface area contributed by atoms with Gasteiger partial charge in [0.25, 0.3) is 0 Å². The van der Waals surface area contributed by atoms with Crippen LogP contribution in [-0.2, 0) is 9.47 Å². The molecule has 3 aliphatic carbocycles. The summed E-state index contributed by atoms with van der Waals surface area (Å²) in [4.78, 5) is 0. The van der Waals surface area contributed by atoms with Crippen LogP contribution in [0.1, 0.15) is 25.7 Å². The molecule has 2 saturated heterocycles. The molecular formula is C14H16Cl2O3. The summed E-state index contributed by atoms with van der Waals surface area (Å²) in [6, 6.07) is 0. The minimum absolute atomic E-state index is 0.0412. The highest BCUT2D eigenvalue weighted by molar-refractivity contribution is 6.25. The van der Waals surface area contributed by atoms with Crippen molar-refractivity contribution in [3.05, 3.63) is 11.1 Å². The van der Waals surface area contributed by atoms with Crippen LogP contribution < -0.4 is 0 Å². The molecule has 7 atom stereocenters. The Bertz CT molecular complexity index is 507. The third-order valence-electron chi connectivity index (χ3n) is 5.95. The summed E-state index contributed by atoms with van der Waals surface area (Å²) >= 11 is 13.2. The molecule has 1 saturated carbocycles. The molecule has 0 aromatic heterocycles. The van der Waals surface area contributed by atoms with Gasteiger partial charge in [-0.2, -0.15) is 0 Å². The van der Waals surface area contributed by atoms with Gasteiger partial charge in [0.05, 0.1) is 34.5 Å². The lowest BCUT2D eigenvalue weighted by Gasteiger charge is -2.56. The van der Waals surface area contributed by atoms with Crippen molar-refractivity contribution in [1.29, 1.82) is 0 Å². The molecule has 3 heterocycles. The molecule has 5 heteroatoms. The van der Waals surface area contributed by atoms with Crippen LogP contribution in [0.25, 0.3) is 0 Å². The van der Waals surface area contributed by atoms with E-state index < -0.39 is 0 Å². The Morgan fingerprint density at radius 3 is 2.89 bits per heavy atom. The second-order valence-corrected chi connectivity index (χ2v) is 7.55. The van der Waals surface area contributed by atoms with Crippen LogP contribution in [0.2, 0.25) is 0 Å². The number of hydrogen-bond donors (Lipinski definition) is 1. The first kappa shape index (κ1) is 11.8. The van der Waals surface area contributed by atoms with E-state index in [2.05, 4.69) is 0 Å². The zero-order chi connectivity index (χ0) is 13.0. The van der Waals surface area contributed by atoms with Crippen molar-refractivity contribution < 1.29 is 14.6 Å². The second kappa shape index (κ2) is 3.33. The standard InChI is InChI=1S/C14H16Cl2O3/c15-6-1-2-7(17)10-9(6)11-12(16)14-5-13(10,14)8(19-11)3-4-18-14/h6-8,11-12,17H,1-5H2. The largest absolute Gasteiger partial charge is 0.389 e. The van der Waals surface area contributed by atoms with Gasteiger partial charge in [-0.1, -0.05) is 0 Å². The van der Waals surface area contributed by atoms with Gasteiger partial charge in [-0.3, -0.25) is 0 Å². The van der Waals surface area contributed by atoms with Crippen molar-refractivity contribution in [2.45, 2.75) is 60.4 Å². The fourth-order valence-corrected chi connectivity index (χ4v) is 6.11. The molecule has 1 N–H and O–H groups in total. The summed E-state index contributed by atoms with van der Waals surface area (Å²) in [6.07, 6.45) is 2.97. The normalized spacial score (nSPS) is 61.7. The van der Waals surface area contributed by atoms with E-state index in [0.29, 0.717) is 6.61 Å². The number of halogens is 2. The predicted molar refractivity (Wildman–Crippen MR) is 70.6 cm³/mol. The topological polar surface area (TPSA) is 38.7 Å². The van der Waals surface area contributed by atoms with Crippen LogP contribution in [0.4, 0.5) is 0 Å². The molecule has 1 spiro atoms. The van der Waals surface area contributed by atoms with E-state index in [4.69, 9.17) is 32.7 Å². The van der Waals surface area contributed by atoms with Crippen molar-refractivity contribution >= 4 is 23.2 Å². The van der Waals surface area contributed by atoms with Gasteiger partial charge in [-0.05, 0) is 36.8 Å². The summed E-state index contributed by atoms with van der Waals surface area (Å²) < 4.78 is 12.3. The Morgan fingerprint density at radius 2 is 2.05 bits per heavy atom. The van der Waals surface area contributed by atoms with Crippen LogP contribution in [0.15, 0.2) is 11.1 Å². The first-order chi connectivity index (χ1) is 9.12. The number of aliphatic hydroxyl groups excluding tert-OH is 1. The van der Waals surface area contributed by atoms with Crippen molar-refractivity contribution in [3.63, 3.8) is 0 Å². The number of hydrogen-bond acceptors (Lipinski definition) is 3. The first-order valence-electron chi connectivity index (χ1n) is 7.12. The fraction of sp³-hybridized carbons (Fsp3) is 0.857. The van der Waals surface area contributed by atoms with Crippen LogP contribution in [-0.4, -0.2) is 46.4 Å². The van der Waals surface area contributed by atoms with E-state index in [-0.39, 0.29) is 40.1 Å². The van der Waals surface area contributed by atoms with Crippen LogP contribution in [0, 0.1) is 5.41 Å². The molecule has 0 aromatic rings. The number of alkyl halides is 2. The number of rotatable bonds is 0. The maximum atomic E-state index is 10.5. The van der Waals surface area contributed by atoms with Crippen molar-refractivity contribution in [3.8, 4) is 0 Å². The molecule has 19 heavy (non-hydrogen) atoms. The van der Waals surface area contributed by atoms with E-state index >= 15 is 0 Å². The Labute approximate surface area is 121 Å². The molecule has 6 aliphatic rings. The first-order valence-corrected chi connectivity index (χ1v) is 7.99. The van der Waals surface area contributed by atoms with E-state index in [0.717, 1.165) is 36.8 Å². The Morgan fingerprint density at radius 1 is 1.21 bits per heavy atom. The lowest BCUT2D eigenvalue weighted by molar-refractivity contribution is -0.188. The minimum Gasteiger partial charge on any atom is -0.389 e. The average Bonchev–Trinajstić information content (AvgIpc) is 3.10. The van der Waals surface area contributed by atoms with E-state index in [1.807, 2.05) is 0 Å². The zero-order valence-corrected chi connectivity index (χ0v) is 12.0. The van der Waals surface area contributed by atoms with Gasteiger partial charge >= 0.3 is 0 Å². The van der Waals surface area contributed by atoms with Gasteiger partial charge in [0.2, 0.25) is 0 Å². The zero-order valence-electron chi connectivity index (χ0n) is 10.4. The van der Waals surface area contributed by atoms with Gasteiger partial charge in [0.15, 0.2) is 0 Å². The van der Waals surface area contributed by atoms with Crippen molar-refractivity contribution in [1.82, 2.24) is 0 Å². The molecule has 0 radical (unpaired) electrons. The highest BCUT2D eigenvalue weighted by Crippen LogP contribution is 2.78. The Hall–Kier alpha value is 0.200. The van der Waals surface area contributed by atoms with Gasteiger partial charge in [0, 0.05) is 6.61 Å². The molecule has 6 rings (SSSR count). The van der Waals surface area contributed by atoms with Gasteiger partial charge in [-0.15, -0.1) is 23.2 Å². The Kier molecular flexibility index (Phi) is 2.07. The predicted octanol–water partition coefficient (Wildman–Crippen LogP) is 1.98. The highest BCUT2D eigenvalue weighted by atomic mass is 35.5. The van der Waals surface area contributed by atoms with E-state index in [9.17, 15) is 5.11 Å². The summed E-state index contributed by atoms with van der Waals surface area (Å²) in [5.41, 5.74) is 1.76. The molecule has 0 aromatic carbocycles. The summed E-state index contributed by atoms with van der Waals surface area (Å²) in [5.74, 6) is 0. The van der Waals surface area contributed by atoms with Gasteiger partial charge < -0.3 is 14.6 Å². The third kappa shape index (κ3) is 1.06. The number of aliphatic hydroxyl groups is 1. The van der Waals surface area contributed by atoms with Crippen molar-refractivity contribution in [2.24, 2.45) is 5.41 Å².